The van der Waals surface area contributed by atoms with Crippen LogP contribution in [0.3, 0.4) is 0 Å². The van der Waals surface area contributed by atoms with Crippen molar-refractivity contribution in [2.45, 2.75) is 113 Å². The third-order valence-electron chi connectivity index (χ3n) is 3.80. The molecule has 0 atom stereocenters. The van der Waals surface area contributed by atoms with E-state index in [-0.39, 0.29) is 27.1 Å². The molecular weight excluding hydrogens is 411 g/mol. The maximum atomic E-state index is 9.88. The number of thiol groups is 1. The molecule has 0 aromatic carbocycles. The molecular formula is C19H40O2SSn. The van der Waals surface area contributed by atoms with Crippen LogP contribution < -0.4 is 0 Å². The summed E-state index contributed by atoms with van der Waals surface area (Å²) in [5.41, 5.74) is 0. The average Bonchev–Trinajstić information content (AvgIpc) is 2.59. The molecule has 0 aliphatic heterocycles. The van der Waals surface area contributed by atoms with Gasteiger partial charge in [0.05, 0.1) is 0 Å². The zero-order valence-electron chi connectivity index (χ0n) is 15.9. The third kappa shape index (κ3) is 27.7. The van der Waals surface area contributed by atoms with Gasteiger partial charge in [0, 0.05) is 19.3 Å². The van der Waals surface area contributed by atoms with E-state index in [0.29, 0.717) is 6.42 Å². The van der Waals surface area contributed by atoms with E-state index < -0.39 is 0 Å². The van der Waals surface area contributed by atoms with Crippen molar-refractivity contribution in [3.8, 4) is 0 Å². The summed E-state index contributed by atoms with van der Waals surface area (Å²) in [7, 11) is 0. The van der Waals surface area contributed by atoms with Gasteiger partial charge in [-0.05, 0) is 0 Å². The molecule has 23 heavy (non-hydrogen) atoms. The molecule has 0 aliphatic carbocycles. The molecule has 0 heterocycles. The van der Waals surface area contributed by atoms with Crippen molar-refractivity contribution in [3.05, 3.63) is 0 Å². The second-order valence-corrected chi connectivity index (χ2v) is 10.6. The van der Waals surface area contributed by atoms with Crippen LogP contribution in [0.5, 0.6) is 0 Å². The van der Waals surface area contributed by atoms with Crippen molar-refractivity contribution in [3.63, 3.8) is 0 Å². The summed E-state index contributed by atoms with van der Waals surface area (Å²) < 4.78 is 7.27. The maximum absolute atomic E-state index is 9.88. The fraction of sp³-hybridized carbons (Fsp3) is 0.947. The average molecular weight is 451 g/mol. The SMILES string of the molecule is CCC(=O)OS.CCCCCCC[CH2][Sn][CH2]CCCCCCC. The van der Waals surface area contributed by atoms with E-state index in [0.717, 1.165) is 0 Å². The number of rotatable bonds is 15. The van der Waals surface area contributed by atoms with E-state index in [2.05, 4.69) is 30.9 Å². The Kier molecular flexibility index (Phi) is 28.0. The summed E-state index contributed by atoms with van der Waals surface area (Å²) in [4.78, 5) is 9.88. The first-order valence-electron chi connectivity index (χ1n) is 9.77. The zero-order valence-corrected chi connectivity index (χ0v) is 19.6. The van der Waals surface area contributed by atoms with Gasteiger partial charge in [-0.3, -0.25) is 4.79 Å². The van der Waals surface area contributed by atoms with Crippen molar-refractivity contribution in [2.75, 3.05) is 0 Å². The van der Waals surface area contributed by atoms with Gasteiger partial charge in [-0.2, -0.15) is 0 Å². The molecule has 2 nitrogen and oxygen atoms in total. The van der Waals surface area contributed by atoms with Crippen LogP contribution in [0.4, 0.5) is 0 Å². The Balaban J connectivity index is 0. The number of hydrogen-bond donors (Lipinski definition) is 1. The summed E-state index contributed by atoms with van der Waals surface area (Å²) in [5.74, 6) is -0.293. The molecule has 0 unspecified atom stereocenters. The molecule has 138 valence electrons. The first-order valence-corrected chi connectivity index (χ1v) is 14.2. The molecule has 0 fully saturated rings. The van der Waals surface area contributed by atoms with Crippen LogP contribution in [0.25, 0.3) is 0 Å². The van der Waals surface area contributed by atoms with Gasteiger partial charge in [-0.15, -0.1) is 0 Å². The number of carbonyl (C=O) groups excluding carboxylic acids is 1. The number of carbonyl (C=O) groups is 1. The van der Waals surface area contributed by atoms with E-state index in [9.17, 15) is 4.79 Å². The molecule has 0 N–H and O–H groups in total. The molecule has 0 aromatic rings. The molecule has 0 saturated heterocycles. The van der Waals surface area contributed by atoms with Gasteiger partial charge in [0.15, 0.2) is 0 Å². The van der Waals surface area contributed by atoms with Crippen LogP contribution in [0, 0.1) is 0 Å². The van der Waals surface area contributed by atoms with Crippen LogP contribution in [-0.4, -0.2) is 27.1 Å². The molecule has 0 amide bonds. The molecule has 0 spiro atoms. The standard InChI is InChI=1S/2C8H17.C3H6O2S.Sn/c2*1-3-5-7-8-6-4-2;1-2-3(4)5-6;/h2*1,3-8H2,2H3;6H,2H2,1H3;. The third-order valence-corrected chi connectivity index (χ3v) is 8.04. The van der Waals surface area contributed by atoms with Crippen LogP contribution in [0.15, 0.2) is 0 Å². The van der Waals surface area contributed by atoms with Gasteiger partial charge in [0.1, 0.15) is 0 Å². The summed E-state index contributed by atoms with van der Waals surface area (Å²) in [6, 6.07) is 0. The molecule has 2 radical (unpaired) electrons. The molecule has 0 aliphatic rings. The van der Waals surface area contributed by atoms with Crippen molar-refractivity contribution in [1.29, 1.82) is 0 Å². The molecule has 0 rings (SSSR count). The van der Waals surface area contributed by atoms with Gasteiger partial charge in [0.2, 0.25) is 0 Å². The van der Waals surface area contributed by atoms with E-state index in [4.69, 9.17) is 0 Å². The van der Waals surface area contributed by atoms with Crippen molar-refractivity contribution in [1.82, 2.24) is 0 Å². The Hall–Kier alpha value is 0.619. The van der Waals surface area contributed by atoms with Gasteiger partial charge in [-0.25, -0.2) is 0 Å². The Morgan fingerprint density at radius 3 is 1.43 bits per heavy atom. The molecule has 0 aromatic heterocycles. The van der Waals surface area contributed by atoms with Crippen LogP contribution in [0.2, 0.25) is 8.87 Å². The van der Waals surface area contributed by atoms with E-state index in [1.54, 1.807) is 28.6 Å². The van der Waals surface area contributed by atoms with E-state index >= 15 is 0 Å². The van der Waals surface area contributed by atoms with Gasteiger partial charge in [-0.1, -0.05) is 6.92 Å². The summed E-state index contributed by atoms with van der Waals surface area (Å²) in [6.45, 7) is 6.31. The predicted molar refractivity (Wildman–Crippen MR) is 107 cm³/mol. The van der Waals surface area contributed by atoms with Crippen molar-refractivity contribution >= 4 is 40.0 Å². The molecule has 0 bridgehead atoms. The fourth-order valence-electron chi connectivity index (χ4n) is 2.25. The van der Waals surface area contributed by atoms with E-state index in [1.165, 1.54) is 64.2 Å². The van der Waals surface area contributed by atoms with Crippen molar-refractivity contribution < 1.29 is 8.98 Å². The minimum absolute atomic E-state index is 0.0736. The predicted octanol–water partition coefficient (Wildman–Crippen LogP) is 7.03. The van der Waals surface area contributed by atoms with Gasteiger partial charge in [0.25, 0.3) is 0 Å². The van der Waals surface area contributed by atoms with Crippen LogP contribution in [0.1, 0.15) is 104 Å². The summed E-state index contributed by atoms with van der Waals surface area (Å²) >= 11 is 3.32. The van der Waals surface area contributed by atoms with Gasteiger partial charge < -0.3 is 4.18 Å². The topological polar surface area (TPSA) is 26.3 Å². The Morgan fingerprint density at radius 1 is 0.739 bits per heavy atom. The normalized spacial score (nSPS) is 10.1. The second kappa shape index (κ2) is 24.9. The monoisotopic (exact) mass is 452 g/mol. The van der Waals surface area contributed by atoms with Gasteiger partial charge >= 0.3 is 127 Å². The summed E-state index contributed by atoms with van der Waals surface area (Å²) in [5, 5.41) is 0. The van der Waals surface area contributed by atoms with Crippen LogP contribution in [-0.2, 0) is 8.98 Å². The molecule has 4 heteroatoms. The van der Waals surface area contributed by atoms with Crippen molar-refractivity contribution in [2.24, 2.45) is 0 Å². The number of unbranched alkanes of at least 4 members (excludes halogenated alkanes) is 10. The molecule has 0 saturated carbocycles. The second-order valence-electron chi connectivity index (χ2n) is 6.10. The minimum atomic E-state index is -0.293. The van der Waals surface area contributed by atoms with Crippen LogP contribution >= 0.6 is 12.9 Å². The Labute approximate surface area is 161 Å². The Bertz CT molecular complexity index is 205. The Morgan fingerprint density at radius 2 is 1.13 bits per heavy atom. The number of hydrogen-bond acceptors (Lipinski definition) is 3. The van der Waals surface area contributed by atoms with E-state index in [1.807, 2.05) is 0 Å². The first kappa shape index (κ1) is 25.9. The summed E-state index contributed by atoms with van der Waals surface area (Å²) in [6.07, 6.45) is 18.2. The quantitative estimate of drug-likeness (QED) is 0.125. The fourth-order valence-corrected chi connectivity index (χ4v) is 5.95. The zero-order chi connectivity index (χ0) is 17.6. The first-order chi connectivity index (χ1) is 11.2.